The minimum Gasteiger partial charge on any atom is -0.419 e. The predicted octanol–water partition coefficient (Wildman–Crippen LogP) is 2.63. The highest BCUT2D eigenvalue weighted by Crippen LogP contribution is 2.33. The van der Waals surface area contributed by atoms with Crippen LogP contribution in [0.25, 0.3) is 11.5 Å². The first-order chi connectivity index (χ1) is 11.0. The van der Waals surface area contributed by atoms with Crippen molar-refractivity contribution in [1.82, 2.24) is 25.0 Å². The van der Waals surface area contributed by atoms with Crippen molar-refractivity contribution in [3.05, 3.63) is 46.6 Å². The van der Waals surface area contributed by atoms with Crippen molar-refractivity contribution in [1.29, 1.82) is 0 Å². The molecule has 3 rings (SSSR count). The molecule has 0 saturated carbocycles. The Morgan fingerprint density at radius 3 is 2.61 bits per heavy atom. The van der Waals surface area contributed by atoms with Crippen molar-refractivity contribution in [2.24, 2.45) is 7.05 Å². The molecule has 0 fully saturated rings. The molecule has 0 aliphatic heterocycles. The zero-order valence-corrected chi connectivity index (χ0v) is 13.1. The van der Waals surface area contributed by atoms with Gasteiger partial charge >= 0.3 is 0 Å². The van der Waals surface area contributed by atoms with Crippen LogP contribution in [0.5, 0.6) is 0 Å². The summed E-state index contributed by atoms with van der Waals surface area (Å²) in [4.78, 5) is 10.2. The van der Waals surface area contributed by atoms with Crippen LogP contribution >= 0.6 is 11.8 Å². The van der Waals surface area contributed by atoms with Gasteiger partial charge in [0.1, 0.15) is 6.33 Å². The maximum atomic E-state index is 10.7. The summed E-state index contributed by atoms with van der Waals surface area (Å²) < 4.78 is 7.45. The fraction of sp³-hybridized carbons (Fsp3) is 0.231. The lowest BCUT2D eigenvalue weighted by Gasteiger charge is -2.04. The first-order valence-corrected chi connectivity index (χ1v) is 7.51. The Morgan fingerprint density at radius 2 is 2.00 bits per heavy atom. The smallest absolute Gasteiger partial charge is 0.269 e. The minimum absolute atomic E-state index is 0.0136. The Kier molecular flexibility index (Phi) is 4.06. The van der Waals surface area contributed by atoms with Crippen molar-refractivity contribution in [2.75, 3.05) is 0 Å². The van der Waals surface area contributed by atoms with Crippen LogP contribution in [-0.4, -0.2) is 29.9 Å². The molecule has 3 aromatic rings. The number of nitrogens with zero attached hydrogens (tertiary/aromatic N) is 6. The van der Waals surface area contributed by atoms with Gasteiger partial charge in [0.25, 0.3) is 5.69 Å². The molecule has 9 nitrogen and oxygen atoms in total. The summed E-state index contributed by atoms with van der Waals surface area (Å²) in [5.74, 6) is 0.770. The Morgan fingerprint density at radius 1 is 1.26 bits per heavy atom. The summed E-state index contributed by atoms with van der Waals surface area (Å²) in [5, 5.41) is 27.1. The van der Waals surface area contributed by atoms with E-state index in [0.717, 1.165) is 5.16 Å². The first kappa shape index (κ1) is 15.2. The summed E-state index contributed by atoms with van der Waals surface area (Å²) in [6.07, 6.45) is 1.62. The van der Waals surface area contributed by atoms with E-state index in [0.29, 0.717) is 17.3 Å². The number of rotatable bonds is 5. The zero-order valence-electron chi connectivity index (χ0n) is 12.3. The van der Waals surface area contributed by atoms with Crippen LogP contribution < -0.4 is 0 Å². The maximum absolute atomic E-state index is 10.7. The van der Waals surface area contributed by atoms with E-state index in [1.54, 1.807) is 23.0 Å². The van der Waals surface area contributed by atoms with Crippen LogP contribution in [0.4, 0.5) is 5.69 Å². The van der Waals surface area contributed by atoms with Crippen molar-refractivity contribution in [3.63, 3.8) is 0 Å². The summed E-state index contributed by atoms with van der Waals surface area (Å²) in [6.45, 7) is 1.92. The molecule has 0 bridgehead atoms. The van der Waals surface area contributed by atoms with Crippen LogP contribution in [0.1, 0.15) is 18.1 Å². The number of aromatic nitrogens is 5. The third-order valence-electron chi connectivity index (χ3n) is 3.07. The van der Waals surface area contributed by atoms with Gasteiger partial charge in [0, 0.05) is 24.7 Å². The molecule has 10 heteroatoms. The maximum Gasteiger partial charge on any atom is 0.269 e. The molecule has 0 amide bonds. The Hall–Kier alpha value is -2.75. The number of aryl methyl sites for hydroxylation is 1. The van der Waals surface area contributed by atoms with Crippen molar-refractivity contribution >= 4 is 17.4 Å². The number of non-ortho nitro benzene ring substituents is 1. The molecule has 0 radical (unpaired) electrons. The monoisotopic (exact) mass is 332 g/mol. The second-order valence-electron chi connectivity index (χ2n) is 4.73. The van der Waals surface area contributed by atoms with Crippen molar-refractivity contribution < 1.29 is 9.34 Å². The quantitative estimate of drug-likeness (QED) is 0.398. The third kappa shape index (κ3) is 3.21. The summed E-state index contributed by atoms with van der Waals surface area (Å²) in [6, 6.07) is 5.96. The Bertz CT molecular complexity index is 828. The number of hydrogen-bond donors (Lipinski definition) is 0. The molecule has 0 unspecified atom stereocenters. The van der Waals surface area contributed by atoms with Gasteiger partial charge in [-0.1, -0.05) is 11.8 Å². The van der Waals surface area contributed by atoms with Crippen LogP contribution in [0, 0.1) is 10.1 Å². The molecule has 2 aromatic heterocycles. The third-order valence-corrected chi connectivity index (χ3v) is 4.20. The van der Waals surface area contributed by atoms with Gasteiger partial charge in [-0.2, -0.15) is 0 Å². The van der Waals surface area contributed by atoms with Gasteiger partial charge in [-0.25, -0.2) is 0 Å². The molecule has 0 aliphatic carbocycles. The van der Waals surface area contributed by atoms with Crippen LogP contribution in [0.2, 0.25) is 0 Å². The summed E-state index contributed by atoms with van der Waals surface area (Å²) >= 11 is 1.45. The first-order valence-electron chi connectivity index (χ1n) is 6.63. The Labute approximate surface area is 134 Å². The molecular formula is C13H12N6O3S. The van der Waals surface area contributed by atoms with Gasteiger partial charge in [-0.05, 0) is 19.1 Å². The van der Waals surface area contributed by atoms with Crippen molar-refractivity contribution in [3.8, 4) is 11.5 Å². The lowest BCUT2D eigenvalue weighted by atomic mass is 10.2. The van der Waals surface area contributed by atoms with E-state index in [-0.39, 0.29) is 10.9 Å². The van der Waals surface area contributed by atoms with Gasteiger partial charge in [0.15, 0.2) is 5.16 Å². The minimum atomic E-state index is -0.456. The Balaban J connectivity index is 1.77. The van der Waals surface area contributed by atoms with Gasteiger partial charge < -0.3 is 8.98 Å². The SMILES string of the molecule is C[C@@H](Sc1nncn1C)c1nnc(-c2ccc([N+](=O)[O-])cc2)o1. The lowest BCUT2D eigenvalue weighted by Crippen LogP contribution is -1.94. The molecule has 1 atom stereocenters. The molecule has 1 aromatic carbocycles. The zero-order chi connectivity index (χ0) is 16.4. The average molecular weight is 332 g/mol. The number of thioether (sulfide) groups is 1. The summed E-state index contributed by atoms with van der Waals surface area (Å²) in [5.41, 5.74) is 0.643. The van der Waals surface area contributed by atoms with Gasteiger partial charge in [-0.15, -0.1) is 20.4 Å². The molecule has 2 heterocycles. The van der Waals surface area contributed by atoms with E-state index in [1.165, 1.54) is 23.9 Å². The normalized spacial score (nSPS) is 12.3. The fourth-order valence-electron chi connectivity index (χ4n) is 1.83. The molecule has 118 valence electrons. The molecule has 0 saturated heterocycles. The van der Waals surface area contributed by atoms with E-state index in [9.17, 15) is 10.1 Å². The standard InChI is InChI=1S/C13H12N6O3S/c1-8(23-13-17-14-7-18(13)2)11-15-16-12(22-11)9-3-5-10(6-4-9)19(20)21/h3-8H,1-2H3/t8-/m1/s1. The fourth-order valence-corrected chi connectivity index (χ4v) is 2.65. The van der Waals surface area contributed by atoms with E-state index >= 15 is 0 Å². The van der Waals surface area contributed by atoms with E-state index < -0.39 is 4.92 Å². The van der Waals surface area contributed by atoms with Crippen LogP contribution in [0.3, 0.4) is 0 Å². The van der Waals surface area contributed by atoms with Crippen molar-refractivity contribution in [2.45, 2.75) is 17.3 Å². The van der Waals surface area contributed by atoms with E-state index in [4.69, 9.17) is 4.42 Å². The summed E-state index contributed by atoms with van der Waals surface area (Å²) in [7, 11) is 1.85. The molecule has 23 heavy (non-hydrogen) atoms. The molecular weight excluding hydrogens is 320 g/mol. The van der Waals surface area contributed by atoms with Crippen LogP contribution in [-0.2, 0) is 7.05 Å². The van der Waals surface area contributed by atoms with Crippen LogP contribution in [0.15, 0.2) is 40.2 Å². The topological polar surface area (TPSA) is 113 Å². The van der Waals surface area contributed by atoms with Gasteiger partial charge in [0.05, 0.1) is 10.2 Å². The van der Waals surface area contributed by atoms with Gasteiger partial charge in [0.2, 0.25) is 11.8 Å². The number of nitro groups is 1. The highest BCUT2D eigenvalue weighted by Gasteiger charge is 2.18. The second kappa shape index (κ2) is 6.16. The van der Waals surface area contributed by atoms with E-state index in [1.807, 2.05) is 14.0 Å². The molecule has 0 spiro atoms. The lowest BCUT2D eigenvalue weighted by molar-refractivity contribution is -0.384. The number of benzene rings is 1. The number of nitro benzene ring substituents is 1. The highest BCUT2D eigenvalue weighted by atomic mass is 32.2. The number of hydrogen-bond acceptors (Lipinski definition) is 8. The molecule has 0 aliphatic rings. The largest absolute Gasteiger partial charge is 0.419 e. The molecule has 0 N–H and O–H groups in total. The predicted molar refractivity (Wildman–Crippen MR) is 81.7 cm³/mol. The average Bonchev–Trinajstić information content (AvgIpc) is 3.17. The highest BCUT2D eigenvalue weighted by molar-refractivity contribution is 7.99. The van der Waals surface area contributed by atoms with E-state index in [2.05, 4.69) is 20.4 Å². The van der Waals surface area contributed by atoms with Gasteiger partial charge in [-0.3, -0.25) is 10.1 Å². The second-order valence-corrected chi connectivity index (χ2v) is 6.04.